The van der Waals surface area contributed by atoms with Crippen molar-refractivity contribution in [3.63, 3.8) is 0 Å². The van der Waals surface area contributed by atoms with Gasteiger partial charge in [-0.05, 0) is 49.7 Å². The number of ether oxygens (including phenoxy) is 1. The molecule has 4 N–H and O–H groups in total. The van der Waals surface area contributed by atoms with E-state index in [2.05, 4.69) is 10.6 Å². The Hall–Kier alpha value is -4.06. The minimum Gasteiger partial charge on any atom is -0.478 e. The van der Waals surface area contributed by atoms with E-state index in [1.807, 2.05) is 66.7 Å². The molecule has 31 heavy (non-hydrogen) atoms. The number of amides is 2. The number of para-hydroxylation sites is 1. The van der Waals surface area contributed by atoms with E-state index in [-0.39, 0.29) is 5.91 Å². The Morgan fingerprint density at radius 2 is 1.58 bits per heavy atom. The summed E-state index contributed by atoms with van der Waals surface area (Å²) in [5.41, 5.74) is 8.85. The fraction of sp³-hybridized carbons (Fsp3) is 0.120. The van der Waals surface area contributed by atoms with Crippen LogP contribution in [-0.4, -0.2) is 17.4 Å². The molecule has 6 heteroatoms. The van der Waals surface area contributed by atoms with Crippen molar-refractivity contribution >= 4 is 34.5 Å². The molecule has 0 aliphatic carbocycles. The zero-order valence-electron chi connectivity index (χ0n) is 17.3. The number of hydrogen-bond donors (Lipinski definition) is 3. The zero-order chi connectivity index (χ0) is 22.0. The first-order valence-electron chi connectivity index (χ1n) is 9.91. The van der Waals surface area contributed by atoms with E-state index in [4.69, 9.17) is 10.5 Å². The first kappa shape index (κ1) is 20.2. The van der Waals surface area contributed by atoms with Crippen LogP contribution in [0.15, 0.2) is 78.9 Å². The zero-order valence-corrected chi connectivity index (χ0v) is 17.3. The summed E-state index contributed by atoms with van der Waals surface area (Å²) < 4.78 is 5.69. The molecular weight excluding hydrogens is 390 g/mol. The van der Waals surface area contributed by atoms with E-state index >= 15 is 0 Å². The van der Waals surface area contributed by atoms with Crippen molar-refractivity contribution in [3.05, 3.63) is 90.0 Å². The summed E-state index contributed by atoms with van der Waals surface area (Å²) in [4.78, 5) is 24.4. The lowest BCUT2D eigenvalue weighted by molar-refractivity contribution is -0.130. The first-order chi connectivity index (χ1) is 14.8. The van der Waals surface area contributed by atoms with Crippen LogP contribution in [0.2, 0.25) is 0 Å². The topological polar surface area (TPSA) is 93.4 Å². The van der Waals surface area contributed by atoms with Crippen molar-refractivity contribution < 1.29 is 14.3 Å². The summed E-state index contributed by atoms with van der Waals surface area (Å²) in [6.07, 6.45) is 0. The number of rotatable bonds is 6. The number of fused-ring (bicyclic) bond motifs is 1. The van der Waals surface area contributed by atoms with Gasteiger partial charge in [-0.25, -0.2) is 0 Å². The van der Waals surface area contributed by atoms with Crippen molar-refractivity contribution in [2.75, 3.05) is 10.6 Å². The SMILES string of the molecule is CC(C)(Oc1ccc(N/C(=C2\C(=O)Nc3ccccc32)c2ccccc2)cc1)C(N)=O. The molecule has 0 aromatic heterocycles. The van der Waals surface area contributed by atoms with Gasteiger partial charge in [-0.1, -0.05) is 48.5 Å². The van der Waals surface area contributed by atoms with E-state index in [1.165, 1.54) is 0 Å². The van der Waals surface area contributed by atoms with Gasteiger partial charge in [0.15, 0.2) is 5.60 Å². The van der Waals surface area contributed by atoms with Crippen LogP contribution in [0.3, 0.4) is 0 Å². The number of primary amides is 1. The van der Waals surface area contributed by atoms with Crippen LogP contribution in [0.5, 0.6) is 5.75 Å². The standard InChI is InChI=1S/C25H23N3O3/c1-25(2,24(26)30)31-18-14-12-17(13-15-18)27-22(16-8-4-3-5-9-16)21-19-10-6-7-11-20(19)28-23(21)29/h3-15,27H,1-2H3,(H2,26,30)(H,28,29)/b22-21-. The van der Waals surface area contributed by atoms with Crippen molar-refractivity contribution in [1.82, 2.24) is 0 Å². The molecule has 4 rings (SSSR count). The van der Waals surface area contributed by atoms with Crippen LogP contribution >= 0.6 is 0 Å². The summed E-state index contributed by atoms with van der Waals surface area (Å²) in [7, 11) is 0. The molecule has 1 aliphatic rings. The minimum atomic E-state index is -1.11. The smallest absolute Gasteiger partial charge is 0.261 e. The van der Waals surface area contributed by atoms with Crippen LogP contribution < -0.4 is 21.1 Å². The molecular formula is C25H23N3O3. The van der Waals surface area contributed by atoms with Gasteiger partial charge in [-0.2, -0.15) is 0 Å². The third kappa shape index (κ3) is 4.14. The summed E-state index contributed by atoms with van der Waals surface area (Å²) in [6.45, 7) is 3.24. The van der Waals surface area contributed by atoms with Crippen LogP contribution in [0, 0.1) is 0 Å². The number of nitrogens with two attached hydrogens (primary N) is 1. The second-order valence-electron chi connectivity index (χ2n) is 7.74. The van der Waals surface area contributed by atoms with E-state index in [1.54, 1.807) is 26.0 Å². The number of anilines is 2. The van der Waals surface area contributed by atoms with E-state index in [0.29, 0.717) is 17.0 Å². The third-order valence-corrected chi connectivity index (χ3v) is 5.07. The van der Waals surface area contributed by atoms with Gasteiger partial charge in [0, 0.05) is 16.9 Å². The Morgan fingerprint density at radius 1 is 0.935 bits per heavy atom. The molecule has 0 radical (unpaired) electrons. The van der Waals surface area contributed by atoms with Crippen LogP contribution in [0.1, 0.15) is 25.0 Å². The average Bonchev–Trinajstić information content (AvgIpc) is 3.09. The molecule has 3 aromatic rings. The highest BCUT2D eigenvalue weighted by atomic mass is 16.5. The number of nitrogens with one attached hydrogen (secondary N) is 2. The van der Waals surface area contributed by atoms with Crippen LogP contribution in [0.25, 0.3) is 11.3 Å². The van der Waals surface area contributed by atoms with E-state index < -0.39 is 11.5 Å². The Balaban J connectivity index is 1.71. The molecule has 0 saturated carbocycles. The second-order valence-corrected chi connectivity index (χ2v) is 7.74. The molecule has 0 fully saturated rings. The predicted octanol–water partition coefficient (Wildman–Crippen LogP) is 4.26. The van der Waals surface area contributed by atoms with Gasteiger partial charge < -0.3 is 21.1 Å². The van der Waals surface area contributed by atoms with Gasteiger partial charge in [-0.15, -0.1) is 0 Å². The van der Waals surface area contributed by atoms with Crippen LogP contribution in [-0.2, 0) is 9.59 Å². The average molecular weight is 413 g/mol. The van der Waals surface area contributed by atoms with Gasteiger partial charge in [0.2, 0.25) is 0 Å². The molecule has 0 unspecified atom stereocenters. The molecule has 6 nitrogen and oxygen atoms in total. The lowest BCUT2D eigenvalue weighted by Gasteiger charge is -2.23. The van der Waals surface area contributed by atoms with Crippen molar-refractivity contribution in [2.24, 2.45) is 5.73 Å². The Labute approximate surface area is 180 Å². The predicted molar refractivity (Wildman–Crippen MR) is 122 cm³/mol. The van der Waals surface area contributed by atoms with Gasteiger partial charge in [0.05, 0.1) is 11.3 Å². The fourth-order valence-electron chi connectivity index (χ4n) is 3.34. The number of carbonyl (C=O) groups is 2. The summed E-state index contributed by atoms with van der Waals surface area (Å²) in [6, 6.07) is 24.5. The largest absolute Gasteiger partial charge is 0.478 e. The number of benzene rings is 3. The molecule has 2 amide bonds. The van der Waals surface area contributed by atoms with E-state index in [9.17, 15) is 9.59 Å². The Kier molecular flexibility index (Phi) is 5.21. The lowest BCUT2D eigenvalue weighted by Crippen LogP contribution is -2.43. The Bertz CT molecular complexity index is 1170. The minimum absolute atomic E-state index is 0.157. The Morgan fingerprint density at radius 3 is 2.26 bits per heavy atom. The molecule has 156 valence electrons. The molecule has 0 saturated heterocycles. The number of hydrogen-bond acceptors (Lipinski definition) is 4. The second kappa shape index (κ2) is 7.99. The van der Waals surface area contributed by atoms with E-state index in [0.717, 1.165) is 22.5 Å². The normalized spacial score (nSPS) is 14.5. The lowest BCUT2D eigenvalue weighted by atomic mass is 10.00. The van der Waals surface area contributed by atoms with Gasteiger partial charge in [0.25, 0.3) is 11.8 Å². The van der Waals surface area contributed by atoms with Crippen molar-refractivity contribution in [2.45, 2.75) is 19.4 Å². The third-order valence-electron chi connectivity index (χ3n) is 5.07. The van der Waals surface area contributed by atoms with Crippen molar-refractivity contribution in [3.8, 4) is 5.75 Å². The summed E-state index contributed by atoms with van der Waals surface area (Å²) >= 11 is 0. The maximum Gasteiger partial charge on any atom is 0.261 e. The molecule has 1 aliphatic heterocycles. The maximum absolute atomic E-state index is 12.8. The summed E-state index contributed by atoms with van der Waals surface area (Å²) in [5.74, 6) is -0.181. The molecule has 0 spiro atoms. The highest BCUT2D eigenvalue weighted by molar-refractivity contribution is 6.37. The maximum atomic E-state index is 12.8. The first-order valence-corrected chi connectivity index (χ1v) is 9.91. The van der Waals surface area contributed by atoms with Crippen LogP contribution in [0.4, 0.5) is 11.4 Å². The molecule has 0 bridgehead atoms. The highest BCUT2D eigenvalue weighted by Crippen LogP contribution is 2.37. The molecule has 1 heterocycles. The monoisotopic (exact) mass is 413 g/mol. The number of carbonyl (C=O) groups excluding carboxylic acids is 2. The van der Waals surface area contributed by atoms with Gasteiger partial charge in [0.1, 0.15) is 5.75 Å². The highest BCUT2D eigenvalue weighted by Gasteiger charge is 2.29. The van der Waals surface area contributed by atoms with Gasteiger partial charge in [-0.3, -0.25) is 9.59 Å². The molecule has 3 aromatic carbocycles. The van der Waals surface area contributed by atoms with Crippen molar-refractivity contribution in [1.29, 1.82) is 0 Å². The summed E-state index contributed by atoms with van der Waals surface area (Å²) in [5, 5.41) is 6.32. The molecule has 0 atom stereocenters. The fourth-order valence-corrected chi connectivity index (χ4v) is 3.34. The quantitative estimate of drug-likeness (QED) is 0.526. The van der Waals surface area contributed by atoms with Gasteiger partial charge >= 0.3 is 0 Å².